The molecule has 0 aliphatic rings. The Hall–Kier alpha value is -7.52. The van der Waals surface area contributed by atoms with E-state index in [2.05, 4.69) is 206 Å². The van der Waals surface area contributed by atoms with E-state index in [0.717, 1.165) is 23.2 Å². The van der Waals surface area contributed by atoms with Crippen molar-refractivity contribution < 1.29 is 0 Å². The van der Waals surface area contributed by atoms with E-state index < -0.39 is 0 Å². The summed E-state index contributed by atoms with van der Waals surface area (Å²) in [6.45, 7) is 0. The van der Waals surface area contributed by atoms with Crippen LogP contribution in [0.3, 0.4) is 0 Å². The topological polar surface area (TPSA) is 38.0 Å². The third kappa shape index (κ3) is 6.26. The van der Waals surface area contributed by atoms with Gasteiger partial charge in [-0.25, -0.2) is 0 Å². The van der Waals surface area contributed by atoms with E-state index >= 15 is 0 Å². The fourth-order valence-electron chi connectivity index (χ4n) is 9.38. The molecule has 0 radical (unpaired) electrons. The minimum absolute atomic E-state index is 0.374. The number of fused-ring (bicyclic) bond motifs is 9. The van der Waals surface area contributed by atoms with Crippen LogP contribution in [0.15, 0.2) is 218 Å². The van der Waals surface area contributed by atoms with E-state index in [4.69, 9.17) is 5.73 Å². The molecule has 0 bridgehead atoms. The first-order valence-electron chi connectivity index (χ1n) is 20.8. The van der Waals surface area contributed by atoms with Gasteiger partial charge < -0.3 is 11.1 Å². The minimum Gasteiger partial charge on any atom is -0.366 e. The molecule has 0 aliphatic heterocycles. The Morgan fingerprint density at radius 1 is 0.417 bits per heavy atom. The lowest BCUT2D eigenvalue weighted by atomic mass is 9.84. The normalized spacial score (nSPS) is 12.5. The quantitative estimate of drug-likeness (QED) is 0.0918. The Kier molecular flexibility index (Phi) is 8.91. The highest BCUT2D eigenvalue weighted by atomic mass is 15.0. The molecule has 0 amide bonds. The summed E-state index contributed by atoms with van der Waals surface area (Å²) >= 11 is 0. The summed E-state index contributed by atoms with van der Waals surface area (Å²) in [6.07, 6.45) is 2.67. The van der Waals surface area contributed by atoms with Gasteiger partial charge in [-0.05, 0) is 110 Å². The van der Waals surface area contributed by atoms with Crippen molar-refractivity contribution in [2.45, 2.75) is 12.6 Å². The Morgan fingerprint density at radius 2 is 0.933 bits per heavy atom. The largest absolute Gasteiger partial charge is 0.366 e. The molecular formula is C58H42N2. The van der Waals surface area contributed by atoms with Crippen molar-refractivity contribution in [2.75, 3.05) is 0 Å². The van der Waals surface area contributed by atoms with Crippen molar-refractivity contribution in [3.05, 3.63) is 235 Å². The highest BCUT2D eigenvalue weighted by Gasteiger charge is 2.19. The summed E-state index contributed by atoms with van der Waals surface area (Å²) in [5.41, 5.74) is 16.2. The van der Waals surface area contributed by atoms with Gasteiger partial charge in [-0.2, -0.15) is 0 Å². The Morgan fingerprint density at radius 3 is 1.65 bits per heavy atom. The second kappa shape index (κ2) is 15.0. The molecule has 0 saturated carbocycles. The Balaban J connectivity index is 1.01. The molecular weight excluding hydrogens is 725 g/mol. The number of hydrogen-bond donors (Lipinski definition) is 2. The Bertz CT molecular complexity index is 3420. The average Bonchev–Trinajstić information content (AvgIpc) is 3.32. The van der Waals surface area contributed by atoms with E-state index in [1.54, 1.807) is 0 Å². The summed E-state index contributed by atoms with van der Waals surface area (Å²) < 4.78 is 0. The van der Waals surface area contributed by atoms with Gasteiger partial charge in [0, 0.05) is 5.70 Å². The molecule has 284 valence electrons. The van der Waals surface area contributed by atoms with E-state index in [1.807, 2.05) is 18.2 Å². The van der Waals surface area contributed by atoms with Crippen LogP contribution in [0.2, 0.25) is 0 Å². The number of nitrogens with two attached hydrogens (primary N) is 1. The van der Waals surface area contributed by atoms with Gasteiger partial charge in [-0.3, -0.25) is 0 Å². The molecule has 0 saturated heterocycles. The van der Waals surface area contributed by atoms with Gasteiger partial charge >= 0.3 is 0 Å². The SMILES string of the molecule is NC(N/C(=C\Cc1ccc2c(ccc3c4ccccc4ccc23)c1)c1ccc(-c2c3ccccc3c(-c3ccccc3)c3c2ccc2ccccc23)cc1)c1ccccc1. The second-order valence-electron chi connectivity index (χ2n) is 15.8. The van der Waals surface area contributed by atoms with Crippen molar-refractivity contribution >= 4 is 70.3 Å². The van der Waals surface area contributed by atoms with Crippen LogP contribution in [0.25, 0.3) is 92.6 Å². The van der Waals surface area contributed by atoms with Gasteiger partial charge in [0.25, 0.3) is 0 Å². The molecule has 60 heavy (non-hydrogen) atoms. The molecule has 11 aromatic rings. The van der Waals surface area contributed by atoms with Crippen molar-refractivity contribution in [3.63, 3.8) is 0 Å². The highest BCUT2D eigenvalue weighted by Crippen LogP contribution is 2.46. The number of nitrogens with one attached hydrogen (secondary N) is 1. The number of rotatable bonds is 8. The first kappa shape index (κ1) is 35.6. The maximum absolute atomic E-state index is 6.87. The third-order valence-corrected chi connectivity index (χ3v) is 12.3. The van der Waals surface area contributed by atoms with Crippen LogP contribution >= 0.6 is 0 Å². The van der Waals surface area contributed by atoms with Crippen LogP contribution in [0, 0.1) is 0 Å². The van der Waals surface area contributed by atoms with E-state index in [-0.39, 0.29) is 6.17 Å². The molecule has 2 nitrogen and oxygen atoms in total. The lowest BCUT2D eigenvalue weighted by molar-refractivity contribution is 0.666. The van der Waals surface area contributed by atoms with Gasteiger partial charge in [-0.15, -0.1) is 0 Å². The van der Waals surface area contributed by atoms with Crippen molar-refractivity contribution in [1.29, 1.82) is 0 Å². The van der Waals surface area contributed by atoms with E-state index in [0.29, 0.717) is 0 Å². The predicted molar refractivity (Wildman–Crippen MR) is 257 cm³/mol. The summed E-state index contributed by atoms with van der Waals surface area (Å²) in [5.74, 6) is 0. The summed E-state index contributed by atoms with van der Waals surface area (Å²) in [7, 11) is 0. The third-order valence-electron chi connectivity index (χ3n) is 12.3. The van der Waals surface area contributed by atoms with Crippen molar-refractivity contribution in [1.82, 2.24) is 5.32 Å². The molecule has 11 aromatic carbocycles. The fraction of sp³-hybridized carbons (Fsp3) is 0.0345. The molecule has 2 heteroatoms. The van der Waals surface area contributed by atoms with E-state index in [9.17, 15) is 0 Å². The number of benzene rings is 11. The van der Waals surface area contributed by atoms with Gasteiger partial charge in [-0.1, -0.05) is 218 Å². The first-order chi connectivity index (χ1) is 29.7. The zero-order valence-corrected chi connectivity index (χ0v) is 33.1. The van der Waals surface area contributed by atoms with Crippen molar-refractivity contribution in [3.8, 4) is 22.3 Å². The van der Waals surface area contributed by atoms with Crippen LogP contribution in [0.5, 0.6) is 0 Å². The van der Waals surface area contributed by atoms with Gasteiger partial charge in [0.05, 0.1) is 0 Å². The molecule has 0 fully saturated rings. The maximum atomic E-state index is 6.87. The van der Waals surface area contributed by atoms with Crippen LogP contribution in [0.4, 0.5) is 0 Å². The molecule has 1 atom stereocenters. The van der Waals surface area contributed by atoms with E-state index in [1.165, 1.54) is 92.5 Å². The molecule has 1 unspecified atom stereocenters. The van der Waals surface area contributed by atoms with Gasteiger partial charge in [0.2, 0.25) is 0 Å². The molecule has 0 heterocycles. The smallest absolute Gasteiger partial charge is 0.101 e. The van der Waals surface area contributed by atoms with Crippen LogP contribution in [-0.4, -0.2) is 0 Å². The van der Waals surface area contributed by atoms with Crippen LogP contribution in [-0.2, 0) is 6.42 Å². The van der Waals surface area contributed by atoms with Crippen molar-refractivity contribution in [2.24, 2.45) is 5.73 Å². The number of hydrogen-bond acceptors (Lipinski definition) is 2. The summed E-state index contributed by atoms with van der Waals surface area (Å²) in [4.78, 5) is 0. The van der Waals surface area contributed by atoms with Crippen LogP contribution in [0.1, 0.15) is 22.9 Å². The second-order valence-corrected chi connectivity index (χ2v) is 15.8. The Labute approximate surface area is 349 Å². The lowest BCUT2D eigenvalue weighted by Gasteiger charge is -2.21. The molecule has 0 aliphatic carbocycles. The molecule has 11 rings (SSSR count). The predicted octanol–water partition coefficient (Wildman–Crippen LogP) is 14.8. The summed E-state index contributed by atoms with van der Waals surface area (Å²) in [5, 5.41) is 18.9. The number of allylic oxidation sites excluding steroid dienone is 1. The highest BCUT2D eigenvalue weighted by molar-refractivity contribution is 6.28. The van der Waals surface area contributed by atoms with Crippen LogP contribution < -0.4 is 11.1 Å². The zero-order chi connectivity index (χ0) is 40.0. The maximum Gasteiger partial charge on any atom is 0.101 e. The molecule has 0 aromatic heterocycles. The molecule has 0 spiro atoms. The molecule has 3 N–H and O–H groups in total. The standard InChI is InChI=1S/C58H42N2/c59-58(44-17-5-2-6-18-44)60-54(36-24-38-23-32-47-45(37-38)31-34-49-46-19-9-7-13-39(46)29-33-50(47)49)41-25-27-43(28-26-41)55-51-21-11-12-22-52(51)56(42-15-3-1-4-16-42)57-48-20-10-8-14-40(48)30-35-53(55)57/h1-23,25-37,58,60H,24,59H2/b54-36-. The minimum atomic E-state index is -0.374. The van der Waals surface area contributed by atoms with Gasteiger partial charge in [0.1, 0.15) is 6.17 Å². The summed E-state index contributed by atoms with van der Waals surface area (Å²) in [6, 6.07) is 77.0. The first-order valence-corrected chi connectivity index (χ1v) is 20.8. The lowest BCUT2D eigenvalue weighted by Crippen LogP contribution is -2.27. The average molecular weight is 767 g/mol. The van der Waals surface area contributed by atoms with Gasteiger partial charge in [0.15, 0.2) is 0 Å². The zero-order valence-electron chi connectivity index (χ0n) is 33.1. The monoisotopic (exact) mass is 766 g/mol. The fourth-order valence-corrected chi connectivity index (χ4v) is 9.38.